The van der Waals surface area contributed by atoms with Gasteiger partial charge in [-0.05, 0) is 25.3 Å². The lowest BCUT2D eigenvalue weighted by molar-refractivity contribution is -0.144. The Kier molecular flexibility index (Phi) is 4.53. The van der Waals surface area contributed by atoms with Crippen molar-refractivity contribution in [2.75, 3.05) is 6.61 Å². The minimum atomic E-state index is -0.324. The summed E-state index contributed by atoms with van der Waals surface area (Å²) in [6.07, 6.45) is 5.70. The van der Waals surface area contributed by atoms with Gasteiger partial charge in [0.2, 0.25) is 0 Å². The summed E-state index contributed by atoms with van der Waals surface area (Å²) < 4.78 is 10.2. The molecule has 0 spiro atoms. The Balaban J connectivity index is 1.66. The van der Waals surface area contributed by atoms with Crippen LogP contribution in [0, 0.1) is 0 Å². The Labute approximate surface area is 107 Å². The predicted molar refractivity (Wildman–Crippen MR) is 70.0 cm³/mol. The molecule has 3 nitrogen and oxygen atoms in total. The summed E-state index contributed by atoms with van der Waals surface area (Å²) >= 11 is 0. The Morgan fingerprint density at radius 2 is 2.17 bits per heavy atom. The van der Waals surface area contributed by atoms with Crippen molar-refractivity contribution in [2.24, 2.45) is 0 Å². The molecule has 0 saturated carbocycles. The number of ether oxygens (including phenoxy) is 2. The monoisotopic (exact) mass is 246 g/mol. The third-order valence-electron chi connectivity index (χ3n) is 2.83. The molecule has 1 saturated heterocycles. The molecule has 1 fully saturated rings. The van der Waals surface area contributed by atoms with E-state index in [-0.39, 0.29) is 18.2 Å². The molecule has 0 unspecified atom stereocenters. The molecular formula is C15H18O3. The van der Waals surface area contributed by atoms with Crippen molar-refractivity contribution in [3.05, 3.63) is 42.0 Å². The van der Waals surface area contributed by atoms with Crippen LogP contribution in [0.4, 0.5) is 0 Å². The molecule has 0 aliphatic carbocycles. The molecule has 0 radical (unpaired) electrons. The van der Waals surface area contributed by atoms with Crippen LogP contribution in [0.3, 0.4) is 0 Å². The molecule has 0 amide bonds. The first-order valence-corrected chi connectivity index (χ1v) is 6.35. The van der Waals surface area contributed by atoms with Gasteiger partial charge in [-0.1, -0.05) is 42.5 Å². The number of esters is 1. The highest BCUT2D eigenvalue weighted by Crippen LogP contribution is 2.27. The van der Waals surface area contributed by atoms with Gasteiger partial charge in [0.05, 0.1) is 12.7 Å². The van der Waals surface area contributed by atoms with Gasteiger partial charge in [0.1, 0.15) is 0 Å². The van der Waals surface area contributed by atoms with E-state index in [1.165, 1.54) is 5.56 Å². The lowest BCUT2D eigenvalue weighted by Gasteiger charge is -1.96. The largest absolute Gasteiger partial charge is 0.464 e. The fourth-order valence-corrected chi connectivity index (χ4v) is 1.84. The van der Waals surface area contributed by atoms with Crippen molar-refractivity contribution >= 4 is 12.0 Å². The number of carbonyl (C=O) groups excluding carboxylic acids is 1. The highest BCUT2D eigenvalue weighted by Gasteiger charge is 2.45. The summed E-state index contributed by atoms with van der Waals surface area (Å²) in [4.78, 5) is 11.3. The Morgan fingerprint density at radius 3 is 2.89 bits per heavy atom. The summed E-state index contributed by atoms with van der Waals surface area (Å²) in [5, 5.41) is 0. The number of hydrogen-bond acceptors (Lipinski definition) is 3. The second-order valence-corrected chi connectivity index (χ2v) is 4.24. The summed E-state index contributed by atoms with van der Waals surface area (Å²) in [5.41, 5.74) is 1.19. The van der Waals surface area contributed by atoms with Crippen molar-refractivity contribution in [3.63, 3.8) is 0 Å². The summed E-state index contributed by atoms with van der Waals surface area (Å²) in [6, 6.07) is 10.2. The van der Waals surface area contributed by atoms with Crippen molar-refractivity contribution in [3.8, 4) is 0 Å². The maximum absolute atomic E-state index is 11.3. The van der Waals surface area contributed by atoms with E-state index in [4.69, 9.17) is 9.47 Å². The molecule has 3 heteroatoms. The molecule has 96 valence electrons. The first-order valence-electron chi connectivity index (χ1n) is 6.35. The van der Waals surface area contributed by atoms with E-state index in [9.17, 15) is 4.79 Å². The maximum Gasteiger partial charge on any atom is 0.337 e. The Hall–Kier alpha value is -1.61. The topological polar surface area (TPSA) is 38.8 Å². The van der Waals surface area contributed by atoms with Gasteiger partial charge in [0.15, 0.2) is 6.10 Å². The predicted octanol–water partition coefficient (Wildman–Crippen LogP) is 2.81. The number of hydrogen-bond donors (Lipinski definition) is 0. The van der Waals surface area contributed by atoms with Crippen LogP contribution >= 0.6 is 0 Å². The Morgan fingerprint density at radius 1 is 1.39 bits per heavy atom. The number of benzene rings is 1. The van der Waals surface area contributed by atoms with Crippen molar-refractivity contribution < 1.29 is 14.3 Å². The van der Waals surface area contributed by atoms with Gasteiger partial charge in [-0.2, -0.15) is 0 Å². The van der Waals surface area contributed by atoms with E-state index < -0.39 is 0 Å². The van der Waals surface area contributed by atoms with Crippen LogP contribution < -0.4 is 0 Å². The zero-order valence-corrected chi connectivity index (χ0v) is 10.5. The summed E-state index contributed by atoms with van der Waals surface area (Å²) in [7, 11) is 0. The van der Waals surface area contributed by atoms with Crippen LogP contribution in [0.25, 0.3) is 6.08 Å². The zero-order valence-electron chi connectivity index (χ0n) is 10.5. The lowest BCUT2D eigenvalue weighted by atomic mass is 10.1. The fraction of sp³-hybridized carbons (Fsp3) is 0.400. The molecule has 1 aromatic carbocycles. The smallest absolute Gasteiger partial charge is 0.337 e. The van der Waals surface area contributed by atoms with E-state index in [0.29, 0.717) is 6.61 Å². The third-order valence-corrected chi connectivity index (χ3v) is 2.83. The number of rotatable bonds is 6. The average molecular weight is 246 g/mol. The van der Waals surface area contributed by atoms with Crippen LogP contribution in [0.2, 0.25) is 0 Å². The molecule has 2 atom stereocenters. The molecule has 0 N–H and O–H groups in total. The number of carbonyl (C=O) groups is 1. The highest BCUT2D eigenvalue weighted by atomic mass is 16.6. The second-order valence-electron chi connectivity index (χ2n) is 4.24. The van der Waals surface area contributed by atoms with Gasteiger partial charge in [0, 0.05) is 0 Å². The first-order chi connectivity index (χ1) is 8.81. The van der Waals surface area contributed by atoms with E-state index in [2.05, 4.69) is 24.3 Å². The lowest BCUT2D eigenvalue weighted by Crippen LogP contribution is -2.13. The van der Waals surface area contributed by atoms with Crippen LogP contribution in [0.1, 0.15) is 25.3 Å². The minimum Gasteiger partial charge on any atom is -0.464 e. The van der Waals surface area contributed by atoms with E-state index in [1.807, 2.05) is 18.2 Å². The highest BCUT2D eigenvalue weighted by molar-refractivity contribution is 5.77. The quantitative estimate of drug-likeness (QED) is 0.572. The maximum atomic E-state index is 11.3. The minimum absolute atomic E-state index is 0.0458. The van der Waals surface area contributed by atoms with Gasteiger partial charge in [0.25, 0.3) is 0 Å². The van der Waals surface area contributed by atoms with Gasteiger partial charge in [-0.25, -0.2) is 4.79 Å². The standard InChI is InChI=1S/C15H18O3/c1-2-17-15(16)14-13(18-14)11-7-6-10-12-8-4-3-5-9-12/h3-6,8-10,13-14H,2,7,11H2,1H3/b10-6+/t13-,14+/m0/s1. The van der Waals surface area contributed by atoms with Crippen molar-refractivity contribution in [2.45, 2.75) is 32.0 Å². The fourth-order valence-electron chi connectivity index (χ4n) is 1.84. The molecule has 1 aromatic rings. The second kappa shape index (κ2) is 6.36. The van der Waals surface area contributed by atoms with Gasteiger partial charge < -0.3 is 9.47 Å². The van der Waals surface area contributed by atoms with E-state index >= 15 is 0 Å². The molecule has 1 heterocycles. The van der Waals surface area contributed by atoms with Crippen LogP contribution in [-0.2, 0) is 14.3 Å². The third kappa shape index (κ3) is 3.70. The molecule has 2 rings (SSSR count). The van der Waals surface area contributed by atoms with Gasteiger partial charge in [-0.3, -0.25) is 0 Å². The van der Waals surface area contributed by atoms with E-state index in [1.54, 1.807) is 6.92 Å². The van der Waals surface area contributed by atoms with Crippen LogP contribution in [0.5, 0.6) is 0 Å². The molecular weight excluding hydrogens is 228 g/mol. The van der Waals surface area contributed by atoms with E-state index in [0.717, 1.165) is 12.8 Å². The van der Waals surface area contributed by atoms with Crippen molar-refractivity contribution in [1.29, 1.82) is 0 Å². The Bertz CT molecular complexity index is 411. The van der Waals surface area contributed by atoms with Gasteiger partial charge >= 0.3 is 5.97 Å². The molecule has 0 bridgehead atoms. The number of allylic oxidation sites excluding steroid dienone is 1. The first kappa shape index (κ1) is 12.8. The molecule has 1 aliphatic heterocycles. The van der Waals surface area contributed by atoms with Gasteiger partial charge in [-0.15, -0.1) is 0 Å². The van der Waals surface area contributed by atoms with Crippen molar-refractivity contribution in [1.82, 2.24) is 0 Å². The summed E-state index contributed by atoms with van der Waals surface area (Å²) in [6.45, 7) is 2.22. The summed E-state index contributed by atoms with van der Waals surface area (Å²) in [5.74, 6) is -0.227. The molecule has 1 aliphatic rings. The van der Waals surface area contributed by atoms with Crippen LogP contribution in [0.15, 0.2) is 36.4 Å². The average Bonchev–Trinajstić information content (AvgIpc) is 3.16. The molecule has 18 heavy (non-hydrogen) atoms. The SMILES string of the molecule is CCOC(=O)[C@@H]1O[C@H]1CC/C=C/c1ccccc1. The van der Waals surface area contributed by atoms with Crippen LogP contribution in [-0.4, -0.2) is 24.8 Å². The zero-order chi connectivity index (χ0) is 12.8. The number of epoxide rings is 1. The normalized spacial score (nSPS) is 22.1. The molecule has 0 aromatic heterocycles.